The number of piperidine rings is 1. The molecule has 1 aliphatic heterocycles. The number of aromatic nitrogens is 2. The van der Waals surface area contributed by atoms with E-state index in [0.29, 0.717) is 11.2 Å². The molecule has 1 saturated heterocycles. The smallest absolute Gasteiger partial charge is 0.261 e. The summed E-state index contributed by atoms with van der Waals surface area (Å²) in [5.41, 5.74) is 2.67. The number of ether oxygens (including phenoxy) is 1. The number of benzene rings is 2. The van der Waals surface area contributed by atoms with Gasteiger partial charge in [-0.2, -0.15) is 0 Å². The van der Waals surface area contributed by atoms with Gasteiger partial charge in [0.05, 0.1) is 17.5 Å². The second-order valence-corrected chi connectivity index (χ2v) is 7.90. The zero-order chi connectivity index (χ0) is 20.2. The van der Waals surface area contributed by atoms with Crippen LogP contribution in [-0.4, -0.2) is 40.7 Å². The Hall–Kier alpha value is -2.66. The third-order valence-corrected chi connectivity index (χ3v) is 5.76. The monoisotopic (exact) mass is 391 g/mol. The molecule has 0 radical (unpaired) electrons. The number of likely N-dealkylation sites (tertiary alicyclic amines) is 1. The third kappa shape index (κ3) is 4.35. The summed E-state index contributed by atoms with van der Waals surface area (Å²) in [5, 5.41) is 0.657. The lowest BCUT2D eigenvalue weighted by molar-refractivity contribution is 0.205. The standard InChI is InChI=1S/C24H29N3O2/c1-18-8-6-9-21-22(18)25-23(26(2)24(21)28)19-10-12-20(13-11-19)29-17-7-16-27-14-4-3-5-15-27/h6,8-13H,3-5,7,14-17H2,1-2H3. The van der Waals surface area contributed by atoms with E-state index in [1.165, 1.54) is 32.4 Å². The maximum absolute atomic E-state index is 12.7. The fourth-order valence-corrected chi connectivity index (χ4v) is 4.06. The van der Waals surface area contributed by atoms with Crippen molar-refractivity contribution in [1.82, 2.24) is 14.5 Å². The van der Waals surface area contributed by atoms with Crippen LogP contribution in [0.1, 0.15) is 31.2 Å². The van der Waals surface area contributed by atoms with Crippen molar-refractivity contribution in [3.63, 3.8) is 0 Å². The number of aryl methyl sites for hydroxylation is 1. The topological polar surface area (TPSA) is 47.4 Å². The van der Waals surface area contributed by atoms with Gasteiger partial charge >= 0.3 is 0 Å². The van der Waals surface area contributed by atoms with Gasteiger partial charge in [0.15, 0.2) is 0 Å². The van der Waals surface area contributed by atoms with Crippen LogP contribution in [0.4, 0.5) is 0 Å². The Balaban J connectivity index is 1.44. The number of nitrogens with zero attached hydrogens (tertiary/aromatic N) is 3. The van der Waals surface area contributed by atoms with Gasteiger partial charge in [0.25, 0.3) is 5.56 Å². The van der Waals surface area contributed by atoms with E-state index in [1.54, 1.807) is 11.6 Å². The van der Waals surface area contributed by atoms with Crippen LogP contribution < -0.4 is 10.3 Å². The van der Waals surface area contributed by atoms with Crippen molar-refractivity contribution in [3.05, 3.63) is 58.4 Å². The van der Waals surface area contributed by atoms with Gasteiger partial charge in [-0.1, -0.05) is 18.6 Å². The largest absolute Gasteiger partial charge is 0.494 e. The van der Waals surface area contributed by atoms with Crippen LogP contribution >= 0.6 is 0 Å². The van der Waals surface area contributed by atoms with E-state index >= 15 is 0 Å². The van der Waals surface area contributed by atoms with Crippen LogP contribution in [0.5, 0.6) is 5.75 Å². The summed E-state index contributed by atoms with van der Waals surface area (Å²) in [7, 11) is 1.78. The van der Waals surface area contributed by atoms with Crippen molar-refractivity contribution >= 4 is 10.9 Å². The molecule has 4 rings (SSSR count). The van der Waals surface area contributed by atoms with Gasteiger partial charge in [-0.3, -0.25) is 9.36 Å². The van der Waals surface area contributed by atoms with Gasteiger partial charge in [0.2, 0.25) is 0 Å². The van der Waals surface area contributed by atoms with Crippen LogP contribution in [0.25, 0.3) is 22.3 Å². The molecule has 1 aromatic heterocycles. The summed E-state index contributed by atoms with van der Waals surface area (Å²) in [6.07, 6.45) is 5.07. The molecule has 0 spiro atoms. The Morgan fingerprint density at radius 3 is 2.55 bits per heavy atom. The van der Waals surface area contributed by atoms with Crippen molar-refractivity contribution in [2.45, 2.75) is 32.6 Å². The van der Waals surface area contributed by atoms with Crippen LogP contribution in [0.3, 0.4) is 0 Å². The van der Waals surface area contributed by atoms with E-state index in [9.17, 15) is 4.79 Å². The minimum absolute atomic E-state index is 0.0215. The first-order chi connectivity index (χ1) is 14.1. The second-order valence-electron chi connectivity index (χ2n) is 7.90. The van der Waals surface area contributed by atoms with Crippen LogP contribution in [0.2, 0.25) is 0 Å². The minimum Gasteiger partial charge on any atom is -0.494 e. The summed E-state index contributed by atoms with van der Waals surface area (Å²) >= 11 is 0. The lowest BCUT2D eigenvalue weighted by atomic mass is 10.1. The molecular weight excluding hydrogens is 362 g/mol. The lowest BCUT2D eigenvalue weighted by Crippen LogP contribution is -2.31. The molecule has 2 heterocycles. The molecule has 29 heavy (non-hydrogen) atoms. The SMILES string of the molecule is Cc1cccc2c(=O)n(C)c(-c3ccc(OCCCN4CCCCC4)cc3)nc12. The highest BCUT2D eigenvalue weighted by atomic mass is 16.5. The molecule has 0 N–H and O–H groups in total. The molecule has 5 nitrogen and oxygen atoms in total. The summed E-state index contributed by atoms with van der Waals surface area (Å²) in [6.45, 7) is 6.28. The van der Waals surface area contributed by atoms with E-state index in [-0.39, 0.29) is 5.56 Å². The first kappa shape index (κ1) is 19.6. The normalized spacial score (nSPS) is 15.0. The van der Waals surface area contributed by atoms with E-state index in [4.69, 9.17) is 9.72 Å². The van der Waals surface area contributed by atoms with Gasteiger partial charge in [-0.05, 0) is 75.2 Å². The average Bonchev–Trinajstić information content (AvgIpc) is 2.75. The molecule has 0 amide bonds. The molecular formula is C24H29N3O2. The molecule has 0 saturated carbocycles. The molecule has 0 atom stereocenters. The Kier molecular flexibility index (Phi) is 5.95. The molecule has 2 aromatic carbocycles. The fourth-order valence-electron chi connectivity index (χ4n) is 4.06. The predicted octanol–water partition coefficient (Wildman–Crippen LogP) is 4.16. The van der Waals surface area contributed by atoms with Crippen molar-refractivity contribution in [2.24, 2.45) is 7.05 Å². The number of rotatable bonds is 6. The van der Waals surface area contributed by atoms with Gasteiger partial charge in [-0.15, -0.1) is 0 Å². The maximum Gasteiger partial charge on any atom is 0.261 e. The Labute approximate surface area is 171 Å². The molecule has 0 bridgehead atoms. The summed E-state index contributed by atoms with van der Waals surface area (Å²) in [6, 6.07) is 13.6. The average molecular weight is 392 g/mol. The zero-order valence-corrected chi connectivity index (χ0v) is 17.4. The Morgan fingerprint density at radius 1 is 1.03 bits per heavy atom. The molecule has 152 valence electrons. The zero-order valence-electron chi connectivity index (χ0n) is 17.4. The Bertz CT molecular complexity index is 1030. The van der Waals surface area contributed by atoms with E-state index < -0.39 is 0 Å². The van der Waals surface area contributed by atoms with Gasteiger partial charge in [-0.25, -0.2) is 4.98 Å². The highest BCUT2D eigenvalue weighted by Crippen LogP contribution is 2.22. The van der Waals surface area contributed by atoms with Crippen molar-refractivity contribution in [2.75, 3.05) is 26.2 Å². The number of hydrogen-bond donors (Lipinski definition) is 0. The molecule has 5 heteroatoms. The third-order valence-electron chi connectivity index (χ3n) is 5.76. The second kappa shape index (κ2) is 8.78. The summed E-state index contributed by atoms with van der Waals surface area (Å²) < 4.78 is 7.54. The van der Waals surface area contributed by atoms with Gasteiger partial charge < -0.3 is 9.64 Å². The Morgan fingerprint density at radius 2 is 1.79 bits per heavy atom. The lowest BCUT2D eigenvalue weighted by Gasteiger charge is -2.26. The number of fused-ring (bicyclic) bond motifs is 1. The van der Waals surface area contributed by atoms with E-state index in [0.717, 1.165) is 42.0 Å². The van der Waals surface area contributed by atoms with Crippen molar-refractivity contribution in [1.29, 1.82) is 0 Å². The molecule has 3 aromatic rings. The van der Waals surface area contributed by atoms with E-state index in [2.05, 4.69) is 4.90 Å². The van der Waals surface area contributed by atoms with Crippen LogP contribution in [-0.2, 0) is 7.05 Å². The predicted molar refractivity (Wildman–Crippen MR) is 118 cm³/mol. The number of hydrogen-bond acceptors (Lipinski definition) is 4. The molecule has 0 aliphatic carbocycles. The highest BCUT2D eigenvalue weighted by Gasteiger charge is 2.12. The first-order valence-electron chi connectivity index (χ1n) is 10.6. The van der Waals surface area contributed by atoms with Crippen molar-refractivity contribution in [3.8, 4) is 17.1 Å². The van der Waals surface area contributed by atoms with Crippen LogP contribution in [0, 0.1) is 6.92 Å². The van der Waals surface area contributed by atoms with Gasteiger partial charge in [0.1, 0.15) is 11.6 Å². The van der Waals surface area contributed by atoms with Crippen molar-refractivity contribution < 1.29 is 4.74 Å². The summed E-state index contributed by atoms with van der Waals surface area (Å²) in [5.74, 6) is 1.53. The van der Waals surface area contributed by atoms with E-state index in [1.807, 2.05) is 49.4 Å². The number of para-hydroxylation sites is 1. The minimum atomic E-state index is -0.0215. The molecule has 0 unspecified atom stereocenters. The first-order valence-corrected chi connectivity index (χ1v) is 10.6. The van der Waals surface area contributed by atoms with Crippen LogP contribution in [0.15, 0.2) is 47.3 Å². The summed E-state index contributed by atoms with van der Waals surface area (Å²) in [4.78, 5) is 20.1. The molecule has 1 fully saturated rings. The maximum atomic E-state index is 12.7. The molecule has 1 aliphatic rings. The fraction of sp³-hybridized carbons (Fsp3) is 0.417. The highest BCUT2D eigenvalue weighted by molar-refractivity contribution is 5.82. The quantitative estimate of drug-likeness (QED) is 0.592. The van der Waals surface area contributed by atoms with Gasteiger partial charge in [0, 0.05) is 19.2 Å².